The van der Waals surface area contributed by atoms with Gasteiger partial charge in [0.25, 0.3) is 0 Å². The average molecular weight is 261 g/mol. The zero-order valence-electron chi connectivity index (χ0n) is 10.2. The SMILES string of the molecule is O=C(CCCCl)NCC1CN2CCCC2CO1. The van der Waals surface area contributed by atoms with E-state index in [9.17, 15) is 4.79 Å². The molecule has 0 saturated carbocycles. The first-order chi connectivity index (χ1) is 8.29. The van der Waals surface area contributed by atoms with Crippen LogP contribution in [0.25, 0.3) is 0 Å². The van der Waals surface area contributed by atoms with Gasteiger partial charge < -0.3 is 10.1 Å². The van der Waals surface area contributed by atoms with E-state index < -0.39 is 0 Å². The van der Waals surface area contributed by atoms with E-state index in [2.05, 4.69) is 10.2 Å². The summed E-state index contributed by atoms with van der Waals surface area (Å²) in [6.45, 7) is 3.59. The Morgan fingerprint density at radius 1 is 1.53 bits per heavy atom. The number of hydrogen-bond acceptors (Lipinski definition) is 3. The molecule has 0 aromatic rings. The van der Waals surface area contributed by atoms with Gasteiger partial charge in [-0.3, -0.25) is 9.69 Å². The van der Waals surface area contributed by atoms with E-state index in [1.807, 2.05) is 0 Å². The van der Waals surface area contributed by atoms with Gasteiger partial charge in [-0.25, -0.2) is 0 Å². The van der Waals surface area contributed by atoms with Crippen LogP contribution in [-0.4, -0.2) is 55.1 Å². The van der Waals surface area contributed by atoms with Crippen molar-refractivity contribution in [1.29, 1.82) is 0 Å². The van der Waals surface area contributed by atoms with E-state index in [1.54, 1.807) is 0 Å². The second kappa shape index (κ2) is 6.57. The summed E-state index contributed by atoms with van der Waals surface area (Å²) in [5, 5.41) is 2.92. The van der Waals surface area contributed by atoms with Gasteiger partial charge in [0.05, 0.1) is 12.7 Å². The second-order valence-electron chi connectivity index (χ2n) is 4.84. The lowest BCUT2D eigenvalue weighted by Crippen LogP contribution is -2.50. The molecule has 2 rings (SSSR count). The lowest BCUT2D eigenvalue weighted by atomic mass is 10.2. The molecule has 2 atom stereocenters. The summed E-state index contributed by atoms with van der Waals surface area (Å²) >= 11 is 5.54. The van der Waals surface area contributed by atoms with Crippen molar-refractivity contribution in [2.75, 3.05) is 32.1 Å². The van der Waals surface area contributed by atoms with Crippen molar-refractivity contribution >= 4 is 17.5 Å². The number of carbonyl (C=O) groups is 1. The van der Waals surface area contributed by atoms with Crippen molar-refractivity contribution in [3.63, 3.8) is 0 Å². The van der Waals surface area contributed by atoms with Crippen LogP contribution >= 0.6 is 11.6 Å². The summed E-state index contributed by atoms with van der Waals surface area (Å²) in [7, 11) is 0. The Morgan fingerprint density at radius 2 is 2.41 bits per heavy atom. The lowest BCUT2D eigenvalue weighted by Gasteiger charge is -2.35. The number of ether oxygens (including phenoxy) is 1. The molecule has 5 heteroatoms. The summed E-state index contributed by atoms with van der Waals surface area (Å²) in [5.74, 6) is 0.626. The van der Waals surface area contributed by atoms with Crippen LogP contribution in [-0.2, 0) is 9.53 Å². The van der Waals surface area contributed by atoms with E-state index in [0.29, 0.717) is 24.9 Å². The molecule has 0 aliphatic carbocycles. The molecule has 2 saturated heterocycles. The van der Waals surface area contributed by atoms with Crippen LogP contribution in [0.4, 0.5) is 0 Å². The Labute approximate surface area is 108 Å². The van der Waals surface area contributed by atoms with Crippen LogP contribution in [0.3, 0.4) is 0 Å². The fraction of sp³-hybridized carbons (Fsp3) is 0.917. The third-order valence-electron chi connectivity index (χ3n) is 3.53. The van der Waals surface area contributed by atoms with Crippen molar-refractivity contribution in [2.45, 2.75) is 37.8 Å². The van der Waals surface area contributed by atoms with Crippen LogP contribution in [0.2, 0.25) is 0 Å². The average Bonchev–Trinajstić information content (AvgIpc) is 2.81. The number of fused-ring (bicyclic) bond motifs is 1. The smallest absolute Gasteiger partial charge is 0.220 e. The molecular formula is C12H21ClN2O2. The summed E-state index contributed by atoms with van der Waals surface area (Å²) in [6, 6.07) is 0.623. The van der Waals surface area contributed by atoms with Crippen LogP contribution in [0.1, 0.15) is 25.7 Å². The van der Waals surface area contributed by atoms with E-state index in [1.165, 1.54) is 19.4 Å². The largest absolute Gasteiger partial charge is 0.373 e. The van der Waals surface area contributed by atoms with Crippen LogP contribution in [0, 0.1) is 0 Å². The highest BCUT2D eigenvalue weighted by atomic mass is 35.5. The number of alkyl halides is 1. The van der Waals surface area contributed by atoms with Gasteiger partial charge in [0.1, 0.15) is 0 Å². The number of rotatable bonds is 5. The molecule has 2 heterocycles. The molecule has 2 aliphatic heterocycles. The molecule has 1 N–H and O–H groups in total. The second-order valence-corrected chi connectivity index (χ2v) is 5.22. The van der Waals surface area contributed by atoms with Gasteiger partial charge in [-0.05, 0) is 25.8 Å². The van der Waals surface area contributed by atoms with Crippen molar-refractivity contribution in [2.24, 2.45) is 0 Å². The van der Waals surface area contributed by atoms with Gasteiger partial charge in [-0.2, -0.15) is 0 Å². The maximum absolute atomic E-state index is 11.4. The molecule has 1 amide bonds. The molecule has 2 aliphatic rings. The molecule has 17 heavy (non-hydrogen) atoms. The number of hydrogen-bond donors (Lipinski definition) is 1. The van der Waals surface area contributed by atoms with Gasteiger partial charge in [0, 0.05) is 31.4 Å². The van der Waals surface area contributed by atoms with E-state index >= 15 is 0 Å². The predicted molar refractivity (Wildman–Crippen MR) is 67.3 cm³/mol. The Balaban J connectivity index is 1.64. The number of nitrogens with one attached hydrogen (secondary N) is 1. The van der Waals surface area contributed by atoms with E-state index in [-0.39, 0.29) is 12.0 Å². The van der Waals surface area contributed by atoms with Gasteiger partial charge in [-0.15, -0.1) is 11.6 Å². The molecule has 98 valence electrons. The van der Waals surface area contributed by atoms with Crippen LogP contribution in [0.5, 0.6) is 0 Å². The fourth-order valence-electron chi connectivity index (χ4n) is 2.55. The number of halogens is 1. The summed E-state index contributed by atoms with van der Waals surface area (Å²) < 4.78 is 5.76. The van der Waals surface area contributed by atoms with Crippen molar-refractivity contribution in [3.05, 3.63) is 0 Å². The molecule has 0 radical (unpaired) electrons. The molecule has 0 bridgehead atoms. The first-order valence-electron chi connectivity index (χ1n) is 6.48. The topological polar surface area (TPSA) is 41.6 Å². The molecule has 2 unspecified atom stereocenters. The minimum absolute atomic E-state index is 0.0813. The zero-order chi connectivity index (χ0) is 12.1. The van der Waals surface area contributed by atoms with Gasteiger partial charge >= 0.3 is 0 Å². The lowest BCUT2D eigenvalue weighted by molar-refractivity contribution is -0.122. The summed E-state index contributed by atoms with van der Waals surface area (Å²) in [4.78, 5) is 13.9. The Kier molecular flexibility index (Phi) is 5.07. The van der Waals surface area contributed by atoms with E-state index in [0.717, 1.165) is 19.6 Å². The molecule has 2 fully saturated rings. The number of nitrogens with zero attached hydrogens (tertiary/aromatic N) is 1. The van der Waals surface area contributed by atoms with Gasteiger partial charge in [0.2, 0.25) is 5.91 Å². The normalized spacial score (nSPS) is 29.0. The minimum atomic E-state index is 0.0813. The molecular weight excluding hydrogens is 240 g/mol. The zero-order valence-corrected chi connectivity index (χ0v) is 10.9. The summed E-state index contributed by atoms with van der Waals surface area (Å²) in [6.07, 6.45) is 3.96. The molecule has 0 aromatic heterocycles. The fourth-order valence-corrected chi connectivity index (χ4v) is 2.69. The highest BCUT2D eigenvalue weighted by molar-refractivity contribution is 6.17. The van der Waals surface area contributed by atoms with Crippen molar-refractivity contribution in [1.82, 2.24) is 10.2 Å². The third kappa shape index (κ3) is 3.83. The Hall–Kier alpha value is -0.320. The first kappa shape index (κ1) is 13.1. The predicted octanol–water partition coefficient (Wildman–Crippen LogP) is 0.985. The monoisotopic (exact) mass is 260 g/mol. The number of morpholine rings is 1. The molecule has 0 spiro atoms. The van der Waals surface area contributed by atoms with Crippen molar-refractivity contribution < 1.29 is 9.53 Å². The first-order valence-corrected chi connectivity index (χ1v) is 7.01. The van der Waals surface area contributed by atoms with E-state index in [4.69, 9.17) is 16.3 Å². The van der Waals surface area contributed by atoms with Crippen LogP contribution < -0.4 is 5.32 Å². The number of amides is 1. The summed E-state index contributed by atoms with van der Waals surface area (Å²) in [5.41, 5.74) is 0. The Bertz CT molecular complexity index is 263. The quantitative estimate of drug-likeness (QED) is 0.750. The third-order valence-corrected chi connectivity index (χ3v) is 3.79. The molecule has 4 nitrogen and oxygen atoms in total. The highest BCUT2D eigenvalue weighted by Crippen LogP contribution is 2.22. The van der Waals surface area contributed by atoms with Gasteiger partial charge in [0.15, 0.2) is 0 Å². The van der Waals surface area contributed by atoms with Gasteiger partial charge in [-0.1, -0.05) is 0 Å². The number of carbonyl (C=O) groups excluding carboxylic acids is 1. The minimum Gasteiger partial charge on any atom is -0.373 e. The highest BCUT2D eigenvalue weighted by Gasteiger charge is 2.32. The maximum atomic E-state index is 11.4. The maximum Gasteiger partial charge on any atom is 0.220 e. The molecule has 0 aromatic carbocycles. The van der Waals surface area contributed by atoms with Crippen molar-refractivity contribution in [3.8, 4) is 0 Å². The Morgan fingerprint density at radius 3 is 3.24 bits per heavy atom. The standard InChI is InChI=1S/C12H21ClN2O2/c13-5-1-4-12(16)14-7-11-8-15-6-2-3-10(15)9-17-11/h10-11H,1-9H2,(H,14,16). The van der Waals surface area contributed by atoms with Crippen LogP contribution in [0.15, 0.2) is 0 Å².